The summed E-state index contributed by atoms with van der Waals surface area (Å²) in [7, 11) is 0. The van der Waals surface area contributed by atoms with Gasteiger partial charge >= 0.3 is 6.18 Å². The number of carbonyl (C=O) groups excluding carboxylic acids is 1. The van der Waals surface area contributed by atoms with E-state index in [4.69, 9.17) is 11.6 Å². The number of aromatic nitrogens is 2. The SMILES string of the molecule is O=C1N(CC(F)(F)F)c2cnc(Cl)nc2NC12CCC2. The molecule has 9 heteroatoms. The van der Waals surface area contributed by atoms with Crippen LogP contribution in [-0.4, -0.2) is 34.1 Å². The van der Waals surface area contributed by atoms with Gasteiger partial charge in [-0.1, -0.05) is 0 Å². The van der Waals surface area contributed by atoms with Gasteiger partial charge in [-0.3, -0.25) is 9.69 Å². The highest BCUT2D eigenvalue weighted by Crippen LogP contribution is 2.44. The second-order valence-corrected chi connectivity index (χ2v) is 5.28. The van der Waals surface area contributed by atoms with Crippen LogP contribution in [0.1, 0.15) is 19.3 Å². The molecule has 1 amide bonds. The Hall–Kier alpha value is -1.57. The van der Waals surface area contributed by atoms with Crippen molar-refractivity contribution in [3.05, 3.63) is 11.5 Å². The molecule has 0 saturated heterocycles. The first-order chi connectivity index (χ1) is 9.31. The molecule has 1 saturated carbocycles. The van der Waals surface area contributed by atoms with Crippen molar-refractivity contribution in [2.75, 3.05) is 16.8 Å². The predicted molar refractivity (Wildman–Crippen MR) is 65.7 cm³/mol. The van der Waals surface area contributed by atoms with Crippen LogP contribution in [0.5, 0.6) is 0 Å². The number of nitrogens with zero attached hydrogens (tertiary/aromatic N) is 3. The number of amides is 1. The minimum atomic E-state index is -4.49. The zero-order chi connectivity index (χ0) is 14.5. The Balaban J connectivity index is 2.05. The summed E-state index contributed by atoms with van der Waals surface area (Å²) >= 11 is 5.66. The highest BCUT2D eigenvalue weighted by molar-refractivity contribution is 6.28. The van der Waals surface area contributed by atoms with Crippen LogP contribution in [0.3, 0.4) is 0 Å². The number of fused-ring (bicyclic) bond motifs is 1. The van der Waals surface area contributed by atoms with E-state index in [1.165, 1.54) is 0 Å². The molecule has 1 aromatic heterocycles. The molecule has 0 aromatic carbocycles. The standard InChI is InChI=1S/C11H10ClF3N4O/c12-9-16-4-6-7(17-9)18-10(2-1-3-10)8(20)19(6)5-11(13,14)15/h4H,1-3,5H2,(H,16,17,18). The monoisotopic (exact) mass is 306 g/mol. The molecule has 2 heterocycles. The number of alkyl halides is 3. The summed E-state index contributed by atoms with van der Waals surface area (Å²) in [6.07, 6.45) is -1.60. The fourth-order valence-corrected chi connectivity index (χ4v) is 2.63. The van der Waals surface area contributed by atoms with Crippen molar-refractivity contribution >= 4 is 29.0 Å². The highest BCUT2D eigenvalue weighted by Gasteiger charge is 2.52. The Morgan fingerprint density at radius 3 is 2.70 bits per heavy atom. The van der Waals surface area contributed by atoms with Crippen molar-refractivity contribution < 1.29 is 18.0 Å². The predicted octanol–water partition coefficient (Wildman–Crippen LogP) is 2.37. The molecular formula is C11H10ClF3N4O. The van der Waals surface area contributed by atoms with E-state index in [0.29, 0.717) is 17.7 Å². The maximum absolute atomic E-state index is 12.7. The van der Waals surface area contributed by atoms with Crippen LogP contribution in [0.25, 0.3) is 0 Å². The van der Waals surface area contributed by atoms with Gasteiger partial charge in [0.05, 0.1) is 6.20 Å². The van der Waals surface area contributed by atoms with Gasteiger partial charge in [0.1, 0.15) is 17.8 Å². The average Bonchev–Trinajstić information content (AvgIpc) is 2.28. The lowest BCUT2D eigenvalue weighted by molar-refractivity contribution is -0.137. The molecule has 108 valence electrons. The first-order valence-electron chi connectivity index (χ1n) is 6.00. The molecule has 20 heavy (non-hydrogen) atoms. The minimum absolute atomic E-state index is 0.00856. The van der Waals surface area contributed by atoms with Crippen molar-refractivity contribution in [2.24, 2.45) is 0 Å². The van der Waals surface area contributed by atoms with E-state index in [1.807, 2.05) is 0 Å². The lowest BCUT2D eigenvalue weighted by Gasteiger charge is -2.48. The third-order valence-electron chi connectivity index (χ3n) is 3.59. The largest absolute Gasteiger partial charge is 0.406 e. The van der Waals surface area contributed by atoms with Gasteiger partial charge in [0.15, 0.2) is 5.82 Å². The first-order valence-corrected chi connectivity index (χ1v) is 6.38. The number of carbonyl (C=O) groups is 1. The van der Waals surface area contributed by atoms with Gasteiger partial charge < -0.3 is 5.32 Å². The van der Waals surface area contributed by atoms with Crippen LogP contribution in [0.4, 0.5) is 24.7 Å². The van der Waals surface area contributed by atoms with Gasteiger partial charge in [0.2, 0.25) is 5.28 Å². The Labute approximate surface area is 117 Å². The summed E-state index contributed by atoms with van der Waals surface area (Å²) < 4.78 is 38.0. The van der Waals surface area contributed by atoms with Gasteiger partial charge in [0, 0.05) is 0 Å². The summed E-state index contributed by atoms with van der Waals surface area (Å²) in [6, 6.07) is 0. The summed E-state index contributed by atoms with van der Waals surface area (Å²) in [5, 5.41) is 2.85. The van der Waals surface area contributed by atoms with Crippen molar-refractivity contribution in [1.29, 1.82) is 0 Å². The van der Waals surface area contributed by atoms with Crippen molar-refractivity contribution in [3.63, 3.8) is 0 Å². The van der Waals surface area contributed by atoms with Gasteiger partial charge in [0.25, 0.3) is 5.91 Å². The molecule has 1 aromatic rings. The molecule has 1 spiro atoms. The van der Waals surface area contributed by atoms with Crippen molar-refractivity contribution in [3.8, 4) is 0 Å². The van der Waals surface area contributed by atoms with Gasteiger partial charge in [-0.25, -0.2) is 4.98 Å². The van der Waals surface area contributed by atoms with Gasteiger partial charge in [-0.05, 0) is 30.9 Å². The zero-order valence-corrected chi connectivity index (χ0v) is 10.9. The number of hydrogen-bond donors (Lipinski definition) is 1. The van der Waals surface area contributed by atoms with E-state index in [9.17, 15) is 18.0 Å². The second kappa shape index (κ2) is 4.21. The Bertz CT molecular complexity index is 573. The van der Waals surface area contributed by atoms with Crippen LogP contribution < -0.4 is 10.2 Å². The molecule has 0 radical (unpaired) electrons. The van der Waals surface area contributed by atoms with Gasteiger partial charge in [-0.2, -0.15) is 18.2 Å². The number of nitrogens with one attached hydrogen (secondary N) is 1. The molecular weight excluding hydrogens is 297 g/mol. The van der Waals surface area contributed by atoms with E-state index in [1.54, 1.807) is 0 Å². The van der Waals surface area contributed by atoms with Crippen LogP contribution >= 0.6 is 11.6 Å². The summed E-state index contributed by atoms with van der Waals surface area (Å²) in [4.78, 5) is 20.6. The fraction of sp³-hybridized carbons (Fsp3) is 0.545. The smallest absolute Gasteiger partial charge is 0.354 e. The Morgan fingerprint density at radius 2 is 2.15 bits per heavy atom. The zero-order valence-electron chi connectivity index (χ0n) is 10.2. The number of halogens is 4. The fourth-order valence-electron chi connectivity index (χ4n) is 2.50. The molecule has 3 rings (SSSR count). The lowest BCUT2D eigenvalue weighted by atomic mass is 9.74. The molecule has 1 aliphatic carbocycles. The van der Waals surface area contributed by atoms with E-state index in [-0.39, 0.29) is 16.8 Å². The summed E-state index contributed by atoms with van der Waals surface area (Å²) in [6.45, 7) is -1.35. The van der Waals surface area contributed by atoms with E-state index in [2.05, 4.69) is 15.3 Å². The maximum atomic E-state index is 12.7. The topological polar surface area (TPSA) is 58.1 Å². The Morgan fingerprint density at radius 1 is 1.45 bits per heavy atom. The van der Waals surface area contributed by atoms with E-state index < -0.39 is 24.2 Å². The highest BCUT2D eigenvalue weighted by atomic mass is 35.5. The second-order valence-electron chi connectivity index (χ2n) is 4.94. The maximum Gasteiger partial charge on any atom is 0.406 e. The number of hydrogen-bond acceptors (Lipinski definition) is 4. The van der Waals surface area contributed by atoms with Crippen LogP contribution in [-0.2, 0) is 4.79 Å². The summed E-state index contributed by atoms with van der Waals surface area (Å²) in [5.74, 6) is -0.409. The quantitative estimate of drug-likeness (QED) is 0.809. The molecule has 1 fully saturated rings. The van der Waals surface area contributed by atoms with Crippen molar-refractivity contribution in [2.45, 2.75) is 31.0 Å². The van der Waals surface area contributed by atoms with E-state index >= 15 is 0 Å². The molecule has 0 unspecified atom stereocenters. The van der Waals surface area contributed by atoms with Gasteiger partial charge in [-0.15, -0.1) is 0 Å². The molecule has 1 aliphatic heterocycles. The molecule has 0 atom stereocenters. The first kappa shape index (κ1) is 13.4. The third-order valence-corrected chi connectivity index (χ3v) is 3.77. The molecule has 0 bridgehead atoms. The van der Waals surface area contributed by atoms with Crippen LogP contribution in [0.15, 0.2) is 6.20 Å². The molecule has 1 N–H and O–H groups in total. The third kappa shape index (κ3) is 2.07. The minimum Gasteiger partial charge on any atom is -0.354 e. The van der Waals surface area contributed by atoms with Crippen LogP contribution in [0, 0.1) is 0 Å². The number of anilines is 2. The average molecular weight is 307 g/mol. The normalized spacial score (nSPS) is 20.4. The Kier molecular flexibility index (Phi) is 2.82. The molecule has 5 nitrogen and oxygen atoms in total. The van der Waals surface area contributed by atoms with Crippen LogP contribution in [0.2, 0.25) is 5.28 Å². The lowest BCUT2D eigenvalue weighted by Crippen LogP contribution is -2.62. The number of rotatable bonds is 1. The summed E-state index contributed by atoms with van der Waals surface area (Å²) in [5.41, 5.74) is -0.968. The molecule has 2 aliphatic rings. The van der Waals surface area contributed by atoms with E-state index in [0.717, 1.165) is 12.6 Å². The van der Waals surface area contributed by atoms with Crippen molar-refractivity contribution in [1.82, 2.24) is 9.97 Å².